The van der Waals surface area contributed by atoms with Crippen molar-refractivity contribution in [2.24, 2.45) is 5.16 Å². The van der Waals surface area contributed by atoms with E-state index in [1.54, 1.807) is 20.3 Å². The fourth-order valence-electron chi connectivity index (χ4n) is 1.97. The molecule has 3 rings (SSSR count). The minimum atomic E-state index is 0.166. The lowest BCUT2D eigenvalue weighted by atomic mass is 10.1. The molecule has 22 heavy (non-hydrogen) atoms. The molecule has 1 atom stereocenters. The van der Waals surface area contributed by atoms with E-state index >= 15 is 0 Å². The number of oxime groups is 1. The Kier molecular flexibility index (Phi) is 4.31. The maximum absolute atomic E-state index is 6.17. The van der Waals surface area contributed by atoms with Crippen LogP contribution < -0.4 is 9.47 Å². The van der Waals surface area contributed by atoms with Gasteiger partial charge in [0.25, 0.3) is 0 Å². The van der Waals surface area contributed by atoms with Crippen LogP contribution in [-0.2, 0) is 9.57 Å². The number of hydrogen-bond donors (Lipinski definition) is 0. The number of fused-ring (bicyclic) bond motifs is 1. The highest BCUT2D eigenvalue weighted by Crippen LogP contribution is 2.32. The third kappa shape index (κ3) is 3.23. The zero-order valence-corrected chi connectivity index (χ0v) is 13.0. The number of halogens is 1. The number of epoxide rings is 1. The third-order valence-electron chi connectivity index (χ3n) is 3.23. The van der Waals surface area contributed by atoms with E-state index in [0.29, 0.717) is 34.3 Å². The zero-order chi connectivity index (χ0) is 15.5. The minimum absolute atomic E-state index is 0.166. The molecular formula is C15H15ClN2O4. The molecule has 0 saturated carbocycles. The maximum Gasteiger partial charge on any atom is 0.162 e. The lowest BCUT2D eigenvalue weighted by Gasteiger charge is -2.09. The molecule has 0 spiro atoms. The monoisotopic (exact) mass is 322 g/mol. The summed E-state index contributed by atoms with van der Waals surface area (Å²) in [5, 5.41) is 5.09. The summed E-state index contributed by atoms with van der Waals surface area (Å²) in [6, 6.07) is 5.49. The number of methoxy groups -OCH3 is 2. The number of aromatic nitrogens is 1. The van der Waals surface area contributed by atoms with Crippen LogP contribution in [0.1, 0.15) is 5.56 Å². The van der Waals surface area contributed by atoms with Gasteiger partial charge in [-0.05, 0) is 12.1 Å². The highest BCUT2D eigenvalue weighted by Gasteiger charge is 2.22. The van der Waals surface area contributed by atoms with Crippen molar-refractivity contribution in [1.29, 1.82) is 0 Å². The van der Waals surface area contributed by atoms with Crippen LogP contribution in [0.4, 0.5) is 0 Å². The summed E-state index contributed by atoms with van der Waals surface area (Å²) in [4.78, 5) is 9.47. The Balaban J connectivity index is 1.88. The first-order valence-electron chi connectivity index (χ1n) is 6.70. The molecule has 1 aromatic heterocycles. The Labute approximate surface area is 132 Å². The average Bonchev–Trinajstić information content (AvgIpc) is 3.34. The van der Waals surface area contributed by atoms with Crippen molar-refractivity contribution in [3.8, 4) is 11.5 Å². The Morgan fingerprint density at radius 1 is 1.32 bits per heavy atom. The average molecular weight is 323 g/mol. The molecule has 6 nitrogen and oxygen atoms in total. The third-order valence-corrected chi connectivity index (χ3v) is 3.53. The van der Waals surface area contributed by atoms with Crippen molar-refractivity contribution >= 4 is 28.7 Å². The fraction of sp³-hybridized carbons (Fsp3) is 0.333. The summed E-state index contributed by atoms with van der Waals surface area (Å²) >= 11 is 6.17. The van der Waals surface area contributed by atoms with Gasteiger partial charge >= 0.3 is 0 Å². The van der Waals surface area contributed by atoms with Crippen LogP contribution in [0.25, 0.3) is 10.9 Å². The number of nitrogens with zero attached hydrogens (tertiary/aromatic N) is 2. The number of hydrogen-bond acceptors (Lipinski definition) is 6. The molecule has 116 valence electrons. The molecule has 0 radical (unpaired) electrons. The summed E-state index contributed by atoms with van der Waals surface area (Å²) < 4.78 is 15.6. The molecule has 2 aromatic rings. The predicted molar refractivity (Wildman–Crippen MR) is 83.1 cm³/mol. The standard InChI is InChI=1S/C15H15ClN2O4/c1-19-13-4-9-3-10(6-17-22-8-11-7-21-11)15(16)18-12(9)5-14(13)20-2/h3-6,11H,7-8H2,1-2H3. The second kappa shape index (κ2) is 6.37. The quantitative estimate of drug-likeness (QED) is 0.354. The highest BCUT2D eigenvalue weighted by atomic mass is 35.5. The van der Waals surface area contributed by atoms with Gasteiger partial charge in [-0.3, -0.25) is 0 Å². The van der Waals surface area contributed by atoms with Crippen molar-refractivity contribution in [3.05, 3.63) is 28.9 Å². The first-order valence-corrected chi connectivity index (χ1v) is 7.08. The molecule has 1 aliphatic rings. The van der Waals surface area contributed by atoms with Crippen molar-refractivity contribution in [1.82, 2.24) is 4.98 Å². The van der Waals surface area contributed by atoms with E-state index in [2.05, 4.69) is 10.1 Å². The smallest absolute Gasteiger partial charge is 0.162 e. The Morgan fingerprint density at radius 2 is 2.05 bits per heavy atom. The minimum Gasteiger partial charge on any atom is -0.493 e. The lowest BCUT2D eigenvalue weighted by Crippen LogP contribution is -1.97. The van der Waals surface area contributed by atoms with Crippen LogP contribution in [0, 0.1) is 0 Å². The zero-order valence-electron chi connectivity index (χ0n) is 12.2. The van der Waals surface area contributed by atoms with Gasteiger partial charge in [-0.15, -0.1) is 0 Å². The molecule has 1 aromatic carbocycles. The van der Waals surface area contributed by atoms with Gasteiger partial charge in [0, 0.05) is 17.0 Å². The van der Waals surface area contributed by atoms with Crippen LogP contribution in [0.5, 0.6) is 11.5 Å². The summed E-state index contributed by atoms with van der Waals surface area (Å²) in [6.45, 7) is 1.18. The van der Waals surface area contributed by atoms with Crippen molar-refractivity contribution in [2.75, 3.05) is 27.4 Å². The van der Waals surface area contributed by atoms with E-state index in [0.717, 1.165) is 12.0 Å². The van der Waals surface area contributed by atoms with E-state index in [4.69, 9.17) is 30.6 Å². The molecule has 0 bridgehead atoms. The van der Waals surface area contributed by atoms with E-state index in [9.17, 15) is 0 Å². The number of benzene rings is 1. The lowest BCUT2D eigenvalue weighted by molar-refractivity contribution is 0.126. The van der Waals surface area contributed by atoms with Gasteiger partial charge in [-0.2, -0.15) is 0 Å². The van der Waals surface area contributed by atoms with Gasteiger partial charge in [0.2, 0.25) is 0 Å². The molecule has 1 fully saturated rings. The van der Waals surface area contributed by atoms with Gasteiger partial charge in [-0.25, -0.2) is 4.98 Å². The second-order valence-electron chi connectivity index (χ2n) is 4.75. The molecular weight excluding hydrogens is 308 g/mol. The molecule has 7 heteroatoms. The predicted octanol–water partition coefficient (Wildman–Crippen LogP) is 2.65. The van der Waals surface area contributed by atoms with E-state index < -0.39 is 0 Å². The van der Waals surface area contributed by atoms with Crippen LogP contribution >= 0.6 is 11.6 Å². The SMILES string of the molecule is COc1cc2cc(C=NOCC3CO3)c(Cl)nc2cc1OC. The van der Waals surface area contributed by atoms with Crippen LogP contribution in [0.15, 0.2) is 23.4 Å². The van der Waals surface area contributed by atoms with E-state index in [1.165, 1.54) is 6.21 Å². The maximum atomic E-state index is 6.17. The first-order chi connectivity index (χ1) is 10.7. The van der Waals surface area contributed by atoms with Gasteiger partial charge in [0.1, 0.15) is 17.9 Å². The molecule has 1 unspecified atom stereocenters. The number of rotatable bonds is 6. The van der Waals surface area contributed by atoms with Crippen molar-refractivity contribution < 1.29 is 19.0 Å². The summed E-state index contributed by atoms with van der Waals surface area (Å²) in [5.41, 5.74) is 1.38. The molecule has 0 amide bonds. The van der Waals surface area contributed by atoms with Crippen molar-refractivity contribution in [2.45, 2.75) is 6.10 Å². The van der Waals surface area contributed by atoms with Gasteiger partial charge in [-0.1, -0.05) is 16.8 Å². The summed E-state index contributed by atoms with van der Waals surface area (Å²) in [5.74, 6) is 1.23. The normalized spacial score (nSPS) is 17.0. The van der Waals surface area contributed by atoms with E-state index in [-0.39, 0.29) is 6.10 Å². The van der Waals surface area contributed by atoms with Crippen LogP contribution in [-0.4, -0.2) is 44.7 Å². The molecule has 1 saturated heterocycles. The topological polar surface area (TPSA) is 65.5 Å². The van der Waals surface area contributed by atoms with Crippen LogP contribution in [0.3, 0.4) is 0 Å². The fourth-order valence-corrected chi connectivity index (χ4v) is 2.16. The first kappa shape index (κ1) is 14.9. The summed E-state index contributed by atoms with van der Waals surface area (Å²) in [6.07, 6.45) is 1.70. The molecule has 0 N–H and O–H groups in total. The summed E-state index contributed by atoms with van der Waals surface area (Å²) in [7, 11) is 3.16. The number of ether oxygens (including phenoxy) is 3. The van der Waals surface area contributed by atoms with Crippen molar-refractivity contribution in [3.63, 3.8) is 0 Å². The van der Waals surface area contributed by atoms with E-state index in [1.807, 2.05) is 12.1 Å². The number of pyridine rings is 1. The largest absolute Gasteiger partial charge is 0.493 e. The molecule has 0 aliphatic carbocycles. The second-order valence-corrected chi connectivity index (χ2v) is 5.11. The molecule has 1 aliphatic heterocycles. The Hall–Kier alpha value is -2.05. The Morgan fingerprint density at radius 3 is 2.73 bits per heavy atom. The van der Waals surface area contributed by atoms with Gasteiger partial charge in [0.15, 0.2) is 11.5 Å². The van der Waals surface area contributed by atoms with Crippen LogP contribution in [0.2, 0.25) is 5.15 Å². The molecule has 2 heterocycles. The van der Waals surface area contributed by atoms with Gasteiger partial charge < -0.3 is 19.0 Å². The Bertz CT molecular complexity index is 716. The van der Waals surface area contributed by atoms with Gasteiger partial charge in [0.05, 0.1) is 32.6 Å². The highest BCUT2D eigenvalue weighted by molar-refractivity contribution is 6.32.